The Balaban J connectivity index is 1.90. The van der Waals surface area contributed by atoms with Crippen LogP contribution in [-0.2, 0) is 25.9 Å². The van der Waals surface area contributed by atoms with Crippen LogP contribution in [0.4, 0.5) is 0 Å². The first kappa shape index (κ1) is 14.6. The van der Waals surface area contributed by atoms with Crippen LogP contribution in [0.15, 0.2) is 16.8 Å². The molecule has 0 bridgehead atoms. The molecule has 0 aliphatic carbocycles. The van der Waals surface area contributed by atoms with Crippen LogP contribution in [0.5, 0.6) is 0 Å². The number of rotatable bonds is 7. The largest absolute Gasteiger partial charge is 0.311 e. The highest BCUT2D eigenvalue weighted by atomic mass is 35.5. The van der Waals surface area contributed by atoms with E-state index in [9.17, 15) is 0 Å². The van der Waals surface area contributed by atoms with E-state index in [1.54, 1.807) is 11.3 Å². The Morgan fingerprint density at radius 2 is 2.26 bits per heavy atom. The molecule has 0 saturated carbocycles. The molecule has 0 aliphatic rings. The molecule has 0 saturated heterocycles. The van der Waals surface area contributed by atoms with Crippen LogP contribution in [-0.4, -0.2) is 16.3 Å². The third-order valence-electron chi connectivity index (χ3n) is 3.16. The fourth-order valence-electron chi connectivity index (χ4n) is 2.06. The van der Waals surface area contributed by atoms with E-state index in [0.717, 1.165) is 48.9 Å². The summed E-state index contributed by atoms with van der Waals surface area (Å²) in [4.78, 5) is 0. The Kier molecular flexibility index (Phi) is 5.43. The van der Waals surface area contributed by atoms with E-state index in [1.807, 2.05) is 4.68 Å². The van der Waals surface area contributed by atoms with Gasteiger partial charge in [0.05, 0.1) is 16.4 Å². The van der Waals surface area contributed by atoms with E-state index in [4.69, 9.17) is 11.6 Å². The lowest BCUT2D eigenvalue weighted by molar-refractivity contribution is 0.578. The van der Waals surface area contributed by atoms with Crippen LogP contribution < -0.4 is 5.32 Å². The SMILES string of the molecule is CCc1nn(CC)c(CNCCc2ccsc2)c1Cl. The average molecular weight is 298 g/mol. The van der Waals surface area contributed by atoms with Crippen molar-refractivity contribution in [1.29, 1.82) is 0 Å². The summed E-state index contributed by atoms with van der Waals surface area (Å²) in [5.41, 5.74) is 3.49. The molecule has 19 heavy (non-hydrogen) atoms. The van der Waals surface area contributed by atoms with Gasteiger partial charge in [-0.15, -0.1) is 0 Å². The molecule has 0 fully saturated rings. The molecule has 5 heteroatoms. The number of hydrogen-bond donors (Lipinski definition) is 1. The minimum Gasteiger partial charge on any atom is -0.311 e. The molecule has 0 atom stereocenters. The van der Waals surface area contributed by atoms with Gasteiger partial charge in [0.1, 0.15) is 0 Å². The fourth-order valence-corrected chi connectivity index (χ4v) is 3.10. The van der Waals surface area contributed by atoms with Crippen molar-refractivity contribution < 1.29 is 0 Å². The number of aryl methyl sites for hydroxylation is 2. The van der Waals surface area contributed by atoms with Gasteiger partial charge in [-0.25, -0.2) is 0 Å². The van der Waals surface area contributed by atoms with Gasteiger partial charge in [0, 0.05) is 13.1 Å². The topological polar surface area (TPSA) is 29.9 Å². The first-order valence-corrected chi connectivity index (χ1v) is 8.04. The number of nitrogens with zero attached hydrogens (tertiary/aromatic N) is 2. The molecule has 0 amide bonds. The monoisotopic (exact) mass is 297 g/mol. The molecule has 2 rings (SSSR count). The van der Waals surface area contributed by atoms with Gasteiger partial charge in [0.15, 0.2) is 0 Å². The zero-order chi connectivity index (χ0) is 13.7. The molecular formula is C14H20ClN3S. The Hall–Kier alpha value is -0.840. The molecule has 2 heterocycles. The molecule has 0 aromatic carbocycles. The third kappa shape index (κ3) is 3.59. The van der Waals surface area contributed by atoms with Crippen LogP contribution in [0.3, 0.4) is 0 Å². The zero-order valence-electron chi connectivity index (χ0n) is 11.4. The Morgan fingerprint density at radius 3 is 2.89 bits per heavy atom. The zero-order valence-corrected chi connectivity index (χ0v) is 13.0. The van der Waals surface area contributed by atoms with E-state index in [2.05, 4.69) is 41.1 Å². The molecule has 0 unspecified atom stereocenters. The molecular weight excluding hydrogens is 278 g/mol. The molecule has 104 valence electrons. The number of nitrogens with one attached hydrogen (secondary N) is 1. The summed E-state index contributed by atoms with van der Waals surface area (Å²) in [6.45, 7) is 6.79. The lowest BCUT2D eigenvalue weighted by Gasteiger charge is -2.07. The van der Waals surface area contributed by atoms with Gasteiger partial charge >= 0.3 is 0 Å². The lowest BCUT2D eigenvalue weighted by Crippen LogP contribution is -2.19. The maximum atomic E-state index is 6.37. The minimum atomic E-state index is 0.782. The molecule has 2 aromatic rings. The first-order valence-electron chi connectivity index (χ1n) is 6.72. The molecule has 0 spiro atoms. The van der Waals surface area contributed by atoms with Gasteiger partial charge < -0.3 is 5.32 Å². The van der Waals surface area contributed by atoms with E-state index >= 15 is 0 Å². The van der Waals surface area contributed by atoms with E-state index in [1.165, 1.54) is 5.56 Å². The smallest absolute Gasteiger partial charge is 0.0863 e. The highest BCUT2D eigenvalue weighted by Crippen LogP contribution is 2.21. The van der Waals surface area contributed by atoms with Crippen molar-refractivity contribution in [3.8, 4) is 0 Å². The predicted octanol–water partition coefficient (Wildman–Crippen LogP) is 3.51. The van der Waals surface area contributed by atoms with Crippen molar-refractivity contribution in [3.63, 3.8) is 0 Å². The van der Waals surface area contributed by atoms with Gasteiger partial charge in [-0.1, -0.05) is 18.5 Å². The number of halogens is 1. The first-order chi connectivity index (χ1) is 9.26. The van der Waals surface area contributed by atoms with Crippen LogP contribution in [0.2, 0.25) is 5.02 Å². The van der Waals surface area contributed by atoms with Gasteiger partial charge in [0.25, 0.3) is 0 Å². The lowest BCUT2D eigenvalue weighted by atomic mass is 10.2. The van der Waals surface area contributed by atoms with Crippen molar-refractivity contribution in [2.24, 2.45) is 0 Å². The van der Waals surface area contributed by atoms with Crippen molar-refractivity contribution in [1.82, 2.24) is 15.1 Å². The van der Waals surface area contributed by atoms with Crippen molar-refractivity contribution in [2.45, 2.75) is 39.8 Å². The number of thiophene rings is 1. The van der Waals surface area contributed by atoms with Gasteiger partial charge in [-0.2, -0.15) is 16.4 Å². The summed E-state index contributed by atoms with van der Waals surface area (Å²) in [7, 11) is 0. The highest BCUT2D eigenvalue weighted by Gasteiger charge is 2.13. The molecule has 1 N–H and O–H groups in total. The quantitative estimate of drug-likeness (QED) is 0.793. The Bertz CT molecular complexity index is 505. The van der Waals surface area contributed by atoms with Gasteiger partial charge in [-0.3, -0.25) is 4.68 Å². The maximum Gasteiger partial charge on any atom is 0.0863 e. The van der Waals surface area contributed by atoms with Gasteiger partial charge in [-0.05, 0) is 48.7 Å². The average Bonchev–Trinajstić information content (AvgIpc) is 3.03. The molecule has 0 radical (unpaired) electrons. The maximum absolute atomic E-state index is 6.37. The second kappa shape index (κ2) is 7.08. The molecule has 3 nitrogen and oxygen atoms in total. The van der Waals surface area contributed by atoms with E-state index in [0.29, 0.717) is 0 Å². The normalized spacial score (nSPS) is 11.1. The van der Waals surface area contributed by atoms with Crippen molar-refractivity contribution in [3.05, 3.63) is 38.8 Å². The van der Waals surface area contributed by atoms with Crippen molar-refractivity contribution >= 4 is 22.9 Å². The molecule has 2 aromatic heterocycles. The highest BCUT2D eigenvalue weighted by molar-refractivity contribution is 7.07. The number of hydrogen-bond acceptors (Lipinski definition) is 3. The summed E-state index contributed by atoms with van der Waals surface area (Å²) >= 11 is 8.11. The summed E-state index contributed by atoms with van der Waals surface area (Å²) in [5.74, 6) is 0. The number of aromatic nitrogens is 2. The van der Waals surface area contributed by atoms with E-state index in [-0.39, 0.29) is 0 Å². The second-order valence-electron chi connectivity index (χ2n) is 4.44. The molecule has 0 aliphatic heterocycles. The minimum absolute atomic E-state index is 0.782. The van der Waals surface area contributed by atoms with Crippen LogP contribution in [0, 0.1) is 0 Å². The fraction of sp³-hybridized carbons (Fsp3) is 0.500. The Morgan fingerprint density at radius 1 is 1.42 bits per heavy atom. The van der Waals surface area contributed by atoms with Crippen LogP contribution in [0.1, 0.15) is 30.8 Å². The second-order valence-corrected chi connectivity index (χ2v) is 5.59. The van der Waals surface area contributed by atoms with Gasteiger partial charge in [0.2, 0.25) is 0 Å². The summed E-state index contributed by atoms with van der Waals surface area (Å²) in [5, 5.41) is 13.1. The Labute approximate surface area is 123 Å². The predicted molar refractivity (Wildman–Crippen MR) is 82.0 cm³/mol. The summed E-state index contributed by atoms with van der Waals surface area (Å²) < 4.78 is 2.00. The third-order valence-corrected chi connectivity index (χ3v) is 4.33. The summed E-state index contributed by atoms with van der Waals surface area (Å²) in [6.07, 6.45) is 1.94. The van der Waals surface area contributed by atoms with Crippen LogP contribution >= 0.6 is 22.9 Å². The standard InChI is InChI=1S/C14H20ClN3S/c1-3-12-14(15)13(18(4-2)17-12)9-16-7-5-11-6-8-19-10-11/h6,8,10,16H,3-5,7,9H2,1-2H3. The van der Waals surface area contributed by atoms with E-state index < -0.39 is 0 Å². The van der Waals surface area contributed by atoms with Crippen LogP contribution in [0.25, 0.3) is 0 Å². The summed E-state index contributed by atoms with van der Waals surface area (Å²) in [6, 6.07) is 2.17. The van der Waals surface area contributed by atoms with Crippen molar-refractivity contribution in [2.75, 3.05) is 6.54 Å².